The van der Waals surface area contributed by atoms with Crippen molar-refractivity contribution in [2.45, 2.75) is 42.9 Å². The molecule has 1 amide bonds. The summed E-state index contributed by atoms with van der Waals surface area (Å²) in [6.07, 6.45) is 4.45. The number of sulfone groups is 1. The Hall–Kier alpha value is -1.11. The molecule has 1 aliphatic heterocycles. The minimum atomic E-state index is -3.45. The van der Waals surface area contributed by atoms with Crippen LogP contribution in [-0.4, -0.2) is 44.5 Å². The molecular formula is C17H25ClN2O3S. The van der Waals surface area contributed by atoms with Gasteiger partial charge in [-0.1, -0.05) is 24.3 Å². The van der Waals surface area contributed by atoms with E-state index in [0.717, 1.165) is 19.3 Å². The molecule has 1 fully saturated rings. The molecule has 1 unspecified atom stereocenters. The lowest BCUT2D eigenvalue weighted by atomic mass is 9.87. The van der Waals surface area contributed by atoms with Crippen LogP contribution in [0.15, 0.2) is 24.3 Å². The average molecular weight is 373 g/mol. The van der Waals surface area contributed by atoms with Crippen LogP contribution in [0.25, 0.3) is 0 Å². The van der Waals surface area contributed by atoms with Gasteiger partial charge in [0.1, 0.15) is 0 Å². The van der Waals surface area contributed by atoms with Crippen LogP contribution in [-0.2, 0) is 27.5 Å². The molecule has 1 atom stereocenters. The summed E-state index contributed by atoms with van der Waals surface area (Å²) in [5.41, 5.74) is 2.58. The van der Waals surface area contributed by atoms with Crippen molar-refractivity contribution in [1.29, 1.82) is 0 Å². The first-order valence-electron chi connectivity index (χ1n) is 8.20. The van der Waals surface area contributed by atoms with Crippen LogP contribution < -0.4 is 10.6 Å². The zero-order valence-corrected chi connectivity index (χ0v) is 15.5. The van der Waals surface area contributed by atoms with E-state index in [1.165, 1.54) is 17.4 Å². The van der Waals surface area contributed by atoms with Crippen LogP contribution >= 0.6 is 12.4 Å². The normalized spacial score (nSPS) is 22.8. The second-order valence-corrected chi connectivity index (χ2v) is 9.02. The Balaban J connectivity index is 0.00000208. The zero-order valence-electron chi connectivity index (χ0n) is 13.9. The average Bonchev–Trinajstić information content (AvgIpc) is 2.54. The number of aryl methyl sites for hydroxylation is 1. The molecule has 7 heteroatoms. The Morgan fingerprint density at radius 1 is 1.21 bits per heavy atom. The number of nitrogens with one attached hydrogen (secondary N) is 2. The predicted octanol–water partition coefficient (Wildman–Crippen LogP) is 1.25. The van der Waals surface area contributed by atoms with Gasteiger partial charge in [-0.05, 0) is 56.3 Å². The Bertz CT molecular complexity index is 700. The van der Waals surface area contributed by atoms with Crippen molar-refractivity contribution in [2.24, 2.45) is 0 Å². The highest BCUT2D eigenvalue weighted by molar-refractivity contribution is 7.92. The van der Waals surface area contributed by atoms with Gasteiger partial charge in [-0.2, -0.15) is 0 Å². The summed E-state index contributed by atoms with van der Waals surface area (Å²) in [4.78, 5) is 12.8. The van der Waals surface area contributed by atoms with Gasteiger partial charge in [-0.25, -0.2) is 8.42 Å². The number of amides is 1. The number of rotatable bonds is 3. The second kappa shape index (κ2) is 7.42. The molecule has 0 spiro atoms. The van der Waals surface area contributed by atoms with E-state index in [1.807, 2.05) is 12.1 Å². The maximum Gasteiger partial charge on any atom is 0.241 e. The third-order valence-electron chi connectivity index (χ3n) is 5.22. The van der Waals surface area contributed by atoms with Gasteiger partial charge in [-0.15, -0.1) is 12.4 Å². The van der Waals surface area contributed by atoms with Crippen LogP contribution in [0.4, 0.5) is 0 Å². The van der Waals surface area contributed by atoms with Crippen molar-refractivity contribution in [2.75, 3.05) is 19.3 Å². The summed E-state index contributed by atoms with van der Waals surface area (Å²) in [6, 6.07) is 8.27. The van der Waals surface area contributed by atoms with Crippen LogP contribution in [0.1, 0.15) is 30.4 Å². The lowest BCUT2D eigenvalue weighted by Crippen LogP contribution is -2.59. The van der Waals surface area contributed by atoms with Crippen molar-refractivity contribution in [3.8, 4) is 0 Å². The van der Waals surface area contributed by atoms with Crippen LogP contribution in [0.3, 0.4) is 0 Å². The minimum Gasteiger partial charge on any atom is -0.352 e. The molecule has 134 valence electrons. The molecule has 1 aromatic carbocycles. The second-order valence-electron chi connectivity index (χ2n) is 6.70. The highest BCUT2D eigenvalue weighted by Gasteiger charge is 2.49. The third kappa shape index (κ3) is 3.60. The molecule has 24 heavy (non-hydrogen) atoms. The van der Waals surface area contributed by atoms with Gasteiger partial charge >= 0.3 is 0 Å². The molecule has 0 saturated carbocycles. The first kappa shape index (κ1) is 19.2. The van der Waals surface area contributed by atoms with Gasteiger partial charge in [0, 0.05) is 12.3 Å². The fourth-order valence-electron chi connectivity index (χ4n) is 3.73. The molecule has 1 heterocycles. The van der Waals surface area contributed by atoms with E-state index in [-0.39, 0.29) is 24.4 Å². The quantitative estimate of drug-likeness (QED) is 0.837. The number of hydrogen-bond donors (Lipinski definition) is 2. The van der Waals surface area contributed by atoms with E-state index in [4.69, 9.17) is 0 Å². The van der Waals surface area contributed by atoms with Crippen molar-refractivity contribution in [1.82, 2.24) is 10.6 Å². The number of piperidine rings is 1. The number of hydrogen-bond acceptors (Lipinski definition) is 4. The van der Waals surface area contributed by atoms with Crippen LogP contribution in [0.2, 0.25) is 0 Å². The zero-order chi connectivity index (χ0) is 16.5. The molecule has 3 rings (SSSR count). The van der Waals surface area contributed by atoms with Gasteiger partial charge in [0.2, 0.25) is 5.91 Å². The maximum absolute atomic E-state index is 12.8. The summed E-state index contributed by atoms with van der Waals surface area (Å²) in [5.74, 6) is -0.314. The van der Waals surface area contributed by atoms with E-state index in [1.54, 1.807) is 0 Å². The van der Waals surface area contributed by atoms with Gasteiger partial charge in [0.25, 0.3) is 0 Å². The fourth-order valence-corrected chi connectivity index (χ4v) is 5.08. The summed E-state index contributed by atoms with van der Waals surface area (Å²) in [7, 11) is -3.45. The van der Waals surface area contributed by atoms with E-state index < -0.39 is 14.6 Å². The monoisotopic (exact) mass is 372 g/mol. The number of fused-ring (bicyclic) bond motifs is 1. The molecular weight excluding hydrogens is 348 g/mol. The molecule has 2 N–H and O–H groups in total. The summed E-state index contributed by atoms with van der Waals surface area (Å²) in [6.45, 7) is 1.13. The maximum atomic E-state index is 12.8. The van der Waals surface area contributed by atoms with Crippen LogP contribution in [0.5, 0.6) is 0 Å². The van der Waals surface area contributed by atoms with E-state index in [0.29, 0.717) is 25.9 Å². The summed E-state index contributed by atoms with van der Waals surface area (Å²) >= 11 is 0. The van der Waals surface area contributed by atoms with Crippen molar-refractivity contribution in [3.05, 3.63) is 35.4 Å². The smallest absolute Gasteiger partial charge is 0.241 e. The molecule has 1 aromatic rings. The Kier molecular flexibility index (Phi) is 5.94. The van der Waals surface area contributed by atoms with E-state index in [2.05, 4.69) is 22.8 Å². The molecule has 0 radical (unpaired) electrons. The first-order chi connectivity index (χ1) is 10.9. The SMILES string of the molecule is CS(=O)(=O)C1(C(=O)NC2CCc3ccccc3C2)CCNCC1.Cl. The Labute approximate surface area is 149 Å². The first-order valence-corrected chi connectivity index (χ1v) is 10.1. The minimum absolute atomic E-state index is 0. The van der Waals surface area contributed by atoms with Crippen molar-refractivity contribution in [3.63, 3.8) is 0 Å². The predicted molar refractivity (Wildman–Crippen MR) is 97.3 cm³/mol. The molecule has 0 aromatic heterocycles. The van der Waals surface area contributed by atoms with Gasteiger partial charge < -0.3 is 10.6 Å². The van der Waals surface area contributed by atoms with E-state index >= 15 is 0 Å². The number of halogens is 1. The number of carbonyl (C=O) groups excluding carboxylic acids is 1. The number of carbonyl (C=O) groups is 1. The lowest BCUT2D eigenvalue weighted by molar-refractivity contribution is -0.125. The summed E-state index contributed by atoms with van der Waals surface area (Å²) in [5, 5.41) is 6.17. The van der Waals surface area contributed by atoms with E-state index in [9.17, 15) is 13.2 Å². The van der Waals surface area contributed by atoms with Crippen LogP contribution in [0, 0.1) is 0 Å². The Morgan fingerprint density at radius 2 is 1.83 bits per heavy atom. The molecule has 0 bridgehead atoms. The van der Waals surface area contributed by atoms with Gasteiger partial charge in [0.05, 0.1) is 0 Å². The highest BCUT2D eigenvalue weighted by Crippen LogP contribution is 2.29. The molecule has 1 saturated heterocycles. The third-order valence-corrected chi connectivity index (χ3v) is 7.23. The molecule has 2 aliphatic rings. The lowest BCUT2D eigenvalue weighted by Gasteiger charge is -2.36. The molecule has 1 aliphatic carbocycles. The standard InChI is InChI=1S/C17H24N2O3S.ClH/c1-23(21,22)17(8-10-18-11-9-17)16(20)19-15-7-6-13-4-2-3-5-14(13)12-15;/h2-5,15,18H,6-12H2,1H3,(H,19,20);1H. The molecule has 5 nitrogen and oxygen atoms in total. The van der Waals surface area contributed by atoms with Crippen molar-refractivity contribution < 1.29 is 13.2 Å². The van der Waals surface area contributed by atoms with Gasteiger partial charge in [-0.3, -0.25) is 4.79 Å². The Morgan fingerprint density at radius 3 is 2.46 bits per heavy atom. The number of benzene rings is 1. The highest BCUT2D eigenvalue weighted by atomic mass is 35.5. The van der Waals surface area contributed by atoms with Crippen molar-refractivity contribution >= 4 is 28.2 Å². The van der Waals surface area contributed by atoms with Gasteiger partial charge in [0.15, 0.2) is 14.6 Å². The topological polar surface area (TPSA) is 75.3 Å². The summed E-state index contributed by atoms with van der Waals surface area (Å²) < 4.78 is 23.3. The largest absolute Gasteiger partial charge is 0.352 e. The fraction of sp³-hybridized carbons (Fsp3) is 0.588.